The van der Waals surface area contributed by atoms with E-state index in [-0.39, 0.29) is 17.3 Å². The fourth-order valence-electron chi connectivity index (χ4n) is 2.94. The van der Waals surface area contributed by atoms with Gasteiger partial charge >= 0.3 is 0 Å². The number of hydrogen-bond acceptors (Lipinski definition) is 5. The molecule has 0 radical (unpaired) electrons. The van der Waals surface area contributed by atoms with Crippen LogP contribution in [-0.4, -0.2) is 32.9 Å². The smallest absolute Gasteiger partial charge is 0.273 e. The summed E-state index contributed by atoms with van der Waals surface area (Å²) in [6, 6.07) is 6.39. The molecule has 4 N–H and O–H groups in total. The molecule has 0 bridgehead atoms. The maximum Gasteiger partial charge on any atom is 0.273 e. The highest BCUT2D eigenvalue weighted by molar-refractivity contribution is 6.39. The van der Waals surface area contributed by atoms with E-state index in [1.807, 2.05) is 0 Å². The van der Waals surface area contributed by atoms with Crippen LogP contribution in [0.15, 0.2) is 42.9 Å². The SMILES string of the molecule is CNC(=O)c1nc(-c2cnc3[nH]cc(-c4ccccc4F)c3c2Cl)cnc1N. The lowest BCUT2D eigenvalue weighted by Gasteiger charge is -2.09. The Balaban J connectivity index is 1.93. The normalized spacial score (nSPS) is 11.0. The first-order chi connectivity index (χ1) is 13.5. The van der Waals surface area contributed by atoms with E-state index in [0.717, 1.165) is 0 Å². The van der Waals surface area contributed by atoms with Crippen LogP contribution in [0.5, 0.6) is 0 Å². The zero-order chi connectivity index (χ0) is 19.8. The number of rotatable bonds is 3. The number of carbonyl (C=O) groups is 1. The predicted molar refractivity (Wildman–Crippen MR) is 105 cm³/mol. The van der Waals surface area contributed by atoms with Crippen LogP contribution in [0, 0.1) is 5.82 Å². The van der Waals surface area contributed by atoms with Crippen molar-refractivity contribution in [1.29, 1.82) is 0 Å². The van der Waals surface area contributed by atoms with Crippen LogP contribution in [0.3, 0.4) is 0 Å². The molecule has 28 heavy (non-hydrogen) atoms. The van der Waals surface area contributed by atoms with Gasteiger partial charge in [-0.2, -0.15) is 0 Å². The van der Waals surface area contributed by atoms with Crippen molar-refractivity contribution in [2.24, 2.45) is 0 Å². The molecule has 0 saturated heterocycles. The van der Waals surface area contributed by atoms with Crippen molar-refractivity contribution in [3.8, 4) is 22.4 Å². The lowest BCUT2D eigenvalue weighted by Crippen LogP contribution is -2.21. The molecule has 0 aliphatic carbocycles. The van der Waals surface area contributed by atoms with E-state index in [1.54, 1.807) is 24.4 Å². The van der Waals surface area contributed by atoms with Crippen molar-refractivity contribution in [1.82, 2.24) is 25.3 Å². The number of nitrogen functional groups attached to an aromatic ring is 1. The molecule has 3 heterocycles. The van der Waals surface area contributed by atoms with Gasteiger partial charge in [-0.05, 0) is 6.07 Å². The van der Waals surface area contributed by atoms with Crippen molar-refractivity contribution in [2.45, 2.75) is 0 Å². The zero-order valence-corrected chi connectivity index (χ0v) is 15.4. The van der Waals surface area contributed by atoms with Crippen molar-refractivity contribution >= 4 is 34.4 Å². The summed E-state index contributed by atoms with van der Waals surface area (Å²) in [4.78, 5) is 27.6. The first kappa shape index (κ1) is 17.9. The minimum absolute atomic E-state index is 0.00181. The molecule has 140 valence electrons. The largest absolute Gasteiger partial charge is 0.382 e. The Morgan fingerprint density at radius 3 is 2.71 bits per heavy atom. The van der Waals surface area contributed by atoms with Crippen molar-refractivity contribution in [3.63, 3.8) is 0 Å². The molecule has 0 saturated carbocycles. The highest BCUT2D eigenvalue weighted by Gasteiger charge is 2.19. The fraction of sp³-hybridized carbons (Fsp3) is 0.0526. The van der Waals surface area contributed by atoms with Gasteiger partial charge in [0.1, 0.15) is 11.5 Å². The second kappa shape index (κ2) is 6.90. The third kappa shape index (κ3) is 2.84. The van der Waals surface area contributed by atoms with Gasteiger partial charge in [0.2, 0.25) is 0 Å². The third-order valence-corrected chi connectivity index (χ3v) is 4.71. The van der Waals surface area contributed by atoms with Crippen molar-refractivity contribution in [3.05, 3.63) is 59.4 Å². The van der Waals surface area contributed by atoms with E-state index in [2.05, 4.69) is 25.3 Å². The molecule has 4 rings (SSSR count). The Morgan fingerprint density at radius 2 is 1.96 bits per heavy atom. The van der Waals surface area contributed by atoms with Crippen LogP contribution in [-0.2, 0) is 0 Å². The summed E-state index contributed by atoms with van der Waals surface area (Å²) in [7, 11) is 1.47. The number of pyridine rings is 1. The van der Waals surface area contributed by atoms with Crippen LogP contribution < -0.4 is 11.1 Å². The molecule has 0 unspecified atom stereocenters. The molecular formula is C19H14ClFN6O. The van der Waals surface area contributed by atoms with Gasteiger partial charge in [-0.1, -0.05) is 29.8 Å². The molecule has 0 spiro atoms. The van der Waals surface area contributed by atoms with Gasteiger partial charge in [0.05, 0.1) is 16.9 Å². The number of nitrogens with zero attached hydrogens (tertiary/aromatic N) is 3. The number of hydrogen-bond donors (Lipinski definition) is 3. The number of benzene rings is 1. The quantitative estimate of drug-likeness (QED) is 0.491. The first-order valence-electron chi connectivity index (χ1n) is 8.26. The highest BCUT2D eigenvalue weighted by Crippen LogP contribution is 2.38. The van der Waals surface area contributed by atoms with Gasteiger partial charge in [-0.3, -0.25) is 4.79 Å². The average molecular weight is 397 g/mol. The van der Waals surface area contributed by atoms with Crippen LogP contribution in [0.4, 0.5) is 10.2 Å². The first-order valence-corrected chi connectivity index (χ1v) is 8.64. The number of amides is 1. The number of H-pyrrole nitrogens is 1. The Hall–Kier alpha value is -3.52. The molecule has 9 heteroatoms. The highest BCUT2D eigenvalue weighted by atomic mass is 35.5. The van der Waals surface area contributed by atoms with Gasteiger partial charge in [0.25, 0.3) is 5.91 Å². The Bertz CT molecular complexity index is 1220. The van der Waals surface area contributed by atoms with Crippen LogP contribution in [0.2, 0.25) is 5.02 Å². The summed E-state index contributed by atoms with van der Waals surface area (Å²) in [5.41, 5.74) is 7.97. The minimum Gasteiger partial charge on any atom is -0.382 e. The molecule has 4 aromatic rings. The molecule has 1 amide bonds. The summed E-state index contributed by atoms with van der Waals surface area (Å²) < 4.78 is 14.3. The van der Waals surface area contributed by atoms with Gasteiger partial charge < -0.3 is 16.0 Å². The number of nitrogens with one attached hydrogen (secondary N) is 2. The Kier molecular flexibility index (Phi) is 4.40. The lowest BCUT2D eigenvalue weighted by molar-refractivity contribution is 0.0959. The van der Waals surface area contributed by atoms with Crippen molar-refractivity contribution < 1.29 is 9.18 Å². The predicted octanol–water partition coefficient (Wildman–Crippen LogP) is 3.42. The Labute approximate surface area is 163 Å². The summed E-state index contributed by atoms with van der Waals surface area (Å²) in [6.45, 7) is 0. The number of anilines is 1. The van der Waals surface area contributed by atoms with Crippen LogP contribution in [0.1, 0.15) is 10.5 Å². The van der Waals surface area contributed by atoms with Gasteiger partial charge in [0, 0.05) is 41.5 Å². The van der Waals surface area contributed by atoms with Gasteiger partial charge in [0.15, 0.2) is 11.5 Å². The molecule has 0 aliphatic rings. The Morgan fingerprint density at radius 1 is 1.18 bits per heavy atom. The molecule has 0 atom stereocenters. The number of aromatic nitrogens is 4. The topological polar surface area (TPSA) is 110 Å². The second-order valence-electron chi connectivity index (χ2n) is 5.96. The number of carbonyl (C=O) groups excluding carboxylic acids is 1. The molecule has 0 aliphatic heterocycles. The molecule has 1 aromatic carbocycles. The second-order valence-corrected chi connectivity index (χ2v) is 6.34. The van der Waals surface area contributed by atoms with E-state index < -0.39 is 5.91 Å². The van der Waals surface area contributed by atoms with E-state index in [1.165, 1.54) is 25.5 Å². The summed E-state index contributed by atoms with van der Waals surface area (Å²) >= 11 is 6.65. The van der Waals surface area contributed by atoms with E-state index >= 15 is 0 Å². The van der Waals surface area contributed by atoms with E-state index in [9.17, 15) is 9.18 Å². The van der Waals surface area contributed by atoms with Gasteiger partial charge in [-0.25, -0.2) is 19.3 Å². The van der Waals surface area contributed by atoms with Crippen LogP contribution in [0.25, 0.3) is 33.4 Å². The average Bonchev–Trinajstić information content (AvgIpc) is 3.13. The van der Waals surface area contributed by atoms with Gasteiger partial charge in [-0.15, -0.1) is 0 Å². The maximum absolute atomic E-state index is 14.3. The summed E-state index contributed by atoms with van der Waals surface area (Å²) in [6.07, 6.45) is 4.57. The number of nitrogens with two attached hydrogens (primary N) is 1. The molecule has 3 aromatic heterocycles. The van der Waals surface area contributed by atoms with Crippen LogP contribution >= 0.6 is 11.6 Å². The lowest BCUT2D eigenvalue weighted by atomic mass is 10.0. The fourth-order valence-corrected chi connectivity index (χ4v) is 3.28. The number of aromatic amines is 1. The number of fused-ring (bicyclic) bond motifs is 1. The van der Waals surface area contributed by atoms with E-state index in [0.29, 0.717) is 38.4 Å². The summed E-state index contributed by atoms with van der Waals surface area (Å²) in [5.74, 6) is -0.841. The van der Waals surface area contributed by atoms with E-state index in [4.69, 9.17) is 17.3 Å². The molecule has 0 fully saturated rings. The minimum atomic E-state index is -0.467. The standard InChI is InChI=1S/C19H14ClFN6O/c1-23-19(28)16-17(22)24-8-13(27-16)11-7-26-18-14(15(11)20)10(6-25-18)9-4-2-3-5-12(9)21/h2-8H,1H3,(H2,22,24)(H,23,28)(H,25,26). The summed E-state index contributed by atoms with van der Waals surface area (Å²) in [5, 5.41) is 3.32. The maximum atomic E-state index is 14.3. The monoisotopic (exact) mass is 396 g/mol. The molecule has 7 nitrogen and oxygen atoms in total. The number of halogens is 2. The van der Waals surface area contributed by atoms with Crippen molar-refractivity contribution in [2.75, 3.05) is 12.8 Å². The zero-order valence-electron chi connectivity index (χ0n) is 14.6. The molecular weight excluding hydrogens is 383 g/mol. The third-order valence-electron chi connectivity index (χ3n) is 4.32.